The summed E-state index contributed by atoms with van der Waals surface area (Å²) in [6.45, 7) is 3.65. The summed E-state index contributed by atoms with van der Waals surface area (Å²) in [7, 11) is 0. The van der Waals surface area contributed by atoms with Gasteiger partial charge in [0.1, 0.15) is 11.8 Å². The van der Waals surface area contributed by atoms with E-state index < -0.39 is 30.1 Å². The molecule has 2 aromatic rings. The van der Waals surface area contributed by atoms with E-state index in [1.807, 2.05) is 13.0 Å². The van der Waals surface area contributed by atoms with Gasteiger partial charge in [0.15, 0.2) is 0 Å². The molecular weight excluding hydrogens is 363 g/mol. The number of aryl methyl sites for hydroxylation is 1. The smallest absolute Gasteiger partial charge is 0.406 e. The minimum absolute atomic E-state index is 0.180. The molecule has 3 rings (SSSR count). The van der Waals surface area contributed by atoms with Crippen molar-refractivity contribution < 1.29 is 27.5 Å². The number of alkyl halides is 3. The molecule has 1 atom stereocenters. The lowest BCUT2D eigenvalue weighted by Gasteiger charge is -2.19. The van der Waals surface area contributed by atoms with Crippen LogP contribution in [0, 0.1) is 6.92 Å². The van der Waals surface area contributed by atoms with Crippen LogP contribution < -0.4 is 9.64 Å². The van der Waals surface area contributed by atoms with Gasteiger partial charge in [-0.25, -0.2) is 9.69 Å². The fraction of sp³-hybridized carbons (Fsp3) is 0.278. The van der Waals surface area contributed by atoms with Gasteiger partial charge in [-0.1, -0.05) is 0 Å². The van der Waals surface area contributed by atoms with Crippen molar-refractivity contribution >= 4 is 17.6 Å². The third-order valence-electron chi connectivity index (χ3n) is 4.12. The van der Waals surface area contributed by atoms with E-state index in [-0.39, 0.29) is 12.2 Å². The molecule has 6 nitrogen and oxygen atoms in total. The zero-order valence-electron chi connectivity index (χ0n) is 14.5. The number of nitrogens with zero attached hydrogens (tertiary/aromatic N) is 3. The first kappa shape index (κ1) is 18.7. The highest BCUT2D eigenvalue weighted by Crippen LogP contribution is 2.29. The van der Waals surface area contributed by atoms with Crippen LogP contribution in [0.1, 0.15) is 18.2 Å². The Morgan fingerprint density at radius 3 is 2.41 bits per heavy atom. The quantitative estimate of drug-likeness (QED) is 0.761. The normalized spacial score (nSPS) is 17.6. The molecule has 1 saturated heterocycles. The van der Waals surface area contributed by atoms with Crippen LogP contribution in [0.2, 0.25) is 0 Å². The van der Waals surface area contributed by atoms with E-state index in [0.717, 1.165) is 28.3 Å². The van der Waals surface area contributed by atoms with Gasteiger partial charge in [-0.05, 0) is 55.8 Å². The Balaban J connectivity index is 1.80. The number of amides is 3. The summed E-state index contributed by atoms with van der Waals surface area (Å²) in [5.41, 5.74) is 1.79. The number of carbonyl (C=O) groups excluding carboxylic acids is 2. The summed E-state index contributed by atoms with van der Waals surface area (Å²) in [5.74, 6) is -0.877. The Bertz CT molecular complexity index is 868. The minimum atomic E-state index is -4.81. The zero-order valence-corrected chi connectivity index (χ0v) is 14.5. The van der Waals surface area contributed by atoms with Crippen molar-refractivity contribution in [1.82, 2.24) is 9.88 Å². The number of imide groups is 1. The molecule has 0 radical (unpaired) electrons. The third-order valence-corrected chi connectivity index (χ3v) is 4.12. The monoisotopic (exact) mass is 379 g/mol. The van der Waals surface area contributed by atoms with Gasteiger partial charge in [0.05, 0.1) is 5.69 Å². The summed E-state index contributed by atoms with van der Waals surface area (Å²) in [5, 5.41) is 0. The molecule has 0 bridgehead atoms. The minimum Gasteiger partial charge on any atom is -0.406 e. The van der Waals surface area contributed by atoms with Crippen molar-refractivity contribution in [3.8, 4) is 5.75 Å². The van der Waals surface area contributed by atoms with Gasteiger partial charge in [-0.15, -0.1) is 13.2 Å². The number of hydrogen-bond acceptors (Lipinski definition) is 4. The number of pyridine rings is 1. The lowest BCUT2D eigenvalue weighted by Crippen LogP contribution is -2.33. The summed E-state index contributed by atoms with van der Waals surface area (Å²) in [6.07, 6.45) is -3.19. The molecule has 0 N–H and O–H groups in total. The molecule has 27 heavy (non-hydrogen) atoms. The van der Waals surface area contributed by atoms with Crippen molar-refractivity contribution in [2.75, 3.05) is 4.90 Å². The van der Waals surface area contributed by atoms with Crippen LogP contribution in [0.25, 0.3) is 0 Å². The molecule has 0 saturated carbocycles. The van der Waals surface area contributed by atoms with E-state index >= 15 is 0 Å². The van der Waals surface area contributed by atoms with Crippen molar-refractivity contribution in [3.05, 3.63) is 53.9 Å². The van der Waals surface area contributed by atoms with Crippen LogP contribution >= 0.6 is 0 Å². The van der Waals surface area contributed by atoms with E-state index in [2.05, 4.69) is 9.72 Å². The van der Waals surface area contributed by atoms with Crippen LogP contribution in [-0.2, 0) is 11.3 Å². The SMILES string of the molecule is Cc1cc(CN2C(=O)N(c3ccc(OC(F)(F)F)cc3)C(=O)C2C)ccn1. The van der Waals surface area contributed by atoms with E-state index in [0.29, 0.717) is 0 Å². The average molecular weight is 379 g/mol. The molecule has 3 amide bonds. The van der Waals surface area contributed by atoms with E-state index in [4.69, 9.17) is 0 Å². The number of halogens is 3. The molecule has 1 aromatic heterocycles. The summed E-state index contributed by atoms with van der Waals surface area (Å²) >= 11 is 0. The highest BCUT2D eigenvalue weighted by molar-refractivity contribution is 6.21. The molecule has 1 aliphatic heterocycles. The molecule has 1 unspecified atom stereocenters. The topological polar surface area (TPSA) is 62.7 Å². The van der Waals surface area contributed by atoms with Crippen molar-refractivity contribution in [3.63, 3.8) is 0 Å². The highest BCUT2D eigenvalue weighted by Gasteiger charge is 2.43. The molecule has 1 fully saturated rings. The van der Waals surface area contributed by atoms with Crippen LogP contribution in [0.5, 0.6) is 5.75 Å². The molecule has 0 spiro atoms. The molecule has 142 valence electrons. The number of rotatable bonds is 4. The van der Waals surface area contributed by atoms with E-state index in [9.17, 15) is 22.8 Å². The number of carbonyl (C=O) groups is 2. The molecule has 2 heterocycles. The second-order valence-electron chi connectivity index (χ2n) is 6.11. The number of anilines is 1. The number of benzene rings is 1. The van der Waals surface area contributed by atoms with Crippen LogP contribution in [0.3, 0.4) is 0 Å². The second-order valence-corrected chi connectivity index (χ2v) is 6.11. The fourth-order valence-corrected chi connectivity index (χ4v) is 2.85. The predicted molar refractivity (Wildman–Crippen MR) is 90.0 cm³/mol. The maximum Gasteiger partial charge on any atom is 0.573 e. The fourth-order valence-electron chi connectivity index (χ4n) is 2.85. The van der Waals surface area contributed by atoms with Crippen molar-refractivity contribution in [1.29, 1.82) is 0 Å². The first-order valence-corrected chi connectivity index (χ1v) is 8.07. The first-order chi connectivity index (χ1) is 12.7. The second kappa shape index (κ2) is 6.90. The first-order valence-electron chi connectivity index (χ1n) is 8.07. The van der Waals surface area contributed by atoms with Gasteiger partial charge in [0, 0.05) is 18.4 Å². The Morgan fingerprint density at radius 2 is 1.81 bits per heavy atom. The van der Waals surface area contributed by atoms with Crippen molar-refractivity contribution in [2.45, 2.75) is 32.8 Å². The zero-order chi connectivity index (χ0) is 19.8. The predicted octanol–water partition coefficient (Wildman–Crippen LogP) is 3.65. The largest absolute Gasteiger partial charge is 0.573 e. The van der Waals surface area contributed by atoms with Crippen molar-refractivity contribution in [2.24, 2.45) is 0 Å². The van der Waals surface area contributed by atoms with Gasteiger partial charge in [0.25, 0.3) is 5.91 Å². The van der Waals surface area contributed by atoms with Crippen LogP contribution in [0.4, 0.5) is 23.7 Å². The van der Waals surface area contributed by atoms with Gasteiger partial charge in [0.2, 0.25) is 0 Å². The van der Waals surface area contributed by atoms with Crippen LogP contribution in [0.15, 0.2) is 42.6 Å². The van der Waals surface area contributed by atoms with E-state index in [1.165, 1.54) is 17.0 Å². The lowest BCUT2D eigenvalue weighted by atomic mass is 10.2. The third kappa shape index (κ3) is 4.02. The summed E-state index contributed by atoms with van der Waals surface area (Å²) < 4.78 is 40.6. The van der Waals surface area contributed by atoms with Gasteiger partial charge in [-0.3, -0.25) is 9.78 Å². The summed E-state index contributed by atoms with van der Waals surface area (Å²) in [4.78, 5) is 31.7. The van der Waals surface area contributed by atoms with Gasteiger partial charge in [-0.2, -0.15) is 0 Å². The molecular formula is C18H16F3N3O3. The Kier molecular flexibility index (Phi) is 4.77. The van der Waals surface area contributed by atoms with Crippen LogP contribution in [-0.4, -0.2) is 34.2 Å². The maximum atomic E-state index is 12.7. The average Bonchev–Trinajstić information content (AvgIpc) is 2.78. The van der Waals surface area contributed by atoms with Gasteiger partial charge < -0.3 is 9.64 Å². The Morgan fingerprint density at radius 1 is 1.15 bits per heavy atom. The number of urea groups is 1. The lowest BCUT2D eigenvalue weighted by molar-refractivity contribution is -0.274. The Labute approximate surface area is 153 Å². The Hall–Kier alpha value is -3.10. The summed E-state index contributed by atoms with van der Waals surface area (Å²) in [6, 6.07) is 6.93. The number of aromatic nitrogens is 1. The standard InChI is InChI=1S/C18H16F3N3O3/c1-11-9-13(7-8-22-11)10-23-12(2)16(25)24(17(23)26)14-3-5-15(6-4-14)27-18(19,20)21/h3-9,12H,10H2,1-2H3. The highest BCUT2D eigenvalue weighted by atomic mass is 19.4. The van der Waals surface area contributed by atoms with E-state index in [1.54, 1.807) is 19.2 Å². The number of ether oxygens (including phenoxy) is 1. The molecule has 1 aliphatic rings. The molecule has 1 aromatic carbocycles. The molecule has 9 heteroatoms. The van der Waals surface area contributed by atoms with Gasteiger partial charge >= 0.3 is 12.4 Å². The maximum absolute atomic E-state index is 12.7. The number of hydrogen-bond donors (Lipinski definition) is 0. The molecule has 0 aliphatic carbocycles.